The van der Waals surface area contributed by atoms with Gasteiger partial charge in [0.2, 0.25) is 5.91 Å². The van der Waals surface area contributed by atoms with Crippen molar-refractivity contribution in [3.8, 4) is 11.5 Å². The van der Waals surface area contributed by atoms with E-state index in [2.05, 4.69) is 34.5 Å². The van der Waals surface area contributed by atoms with Crippen LogP contribution >= 0.6 is 0 Å². The fraction of sp³-hybridized carbons (Fsp3) is 0.480. The summed E-state index contributed by atoms with van der Waals surface area (Å²) in [6.07, 6.45) is 1.71. The van der Waals surface area contributed by atoms with Gasteiger partial charge in [0.1, 0.15) is 13.2 Å². The molecule has 4 rings (SSSR count). The smallest absolute Gasteiger partial charge is 0.224 e. The summed E-state index contributed by atoms with van der Waals surface area (Å²) in [5.41, 5.74) is 2.31. The number of amides is 1. The minimum Gasteiger partial charge on any atom is -0.486 e. The number of fused-ring (bicyclic) bond motifs is 1. The first-order valence-electron chi connectivity index (χ1n) is 11.2. The topological polar surface area (TPSA) is 60.0 Å². The zero-order valence-electron chi connectivity index (χ0n) is 18.2. The number of hydrogen-bond acceptors (Lipinski definition) is 5. The molecule has 0 bridgehead atoms. The largest absolute Gasteiger partial charge is 0.486 e. The molecular formula is C25H32N2O4. The van der Waals surface area contributed by atoms with Crippen molar-refractivity contribution < 1.29 is 19.0 Å². The van der Waals surface area contributed by atoms with Gasteiger partial charge in [-0.15, -0.1) is 0 Å². The van der Waals surface area contributed by atoms with Crippen molar-refractivity contribution in [2.24, 2.45) is 5.92 Å². The van der Waals surface area contributed by atoms with Gasteiger partial charge in [0.25, 0.3) is 0 Å². The lowest BCUT2D eigenvalue weighted by molar-refractivity contribution is -0.126. The predicted octanol–water partition coefficient (Wildman–Crippen LogP) is 3.22. The first-order chi connectivity index (χ1) is 15.2. The molecule has 1 N–H and O–H groups in total. The number of carbonyl (C=O) groups excluding carboxylic acids is 1. The molecule has 2 heterocycles. The van der Waals surface area contributed by atoms with Crippen molar-refractivity contribution in [1.82, 2.24) is 10.2 Å². The molecule has 2 atom stereocenters. The van der Waals surface area contributed by atoms with Gasteiger partial charge in [-0.3, -0.25) is 9.69 Å². The van der Waals surface area contributed by atoms with E-state index >= 15 is 0 Å². The Hall–Kier alpha value is -2.57. The molecule has 0 aromatic heterocycles. The average molecular weight is 425 g/mol. The molecule has 6 heteroatoms. The number of carbonyl (C=O) groups is 1. The average Bonchev–Trinajstić information content (AvgIpc) is 2.82. The van der Waals surface area contributed by atoms with E-state index in [1.165, 1.54) is 5.56 Å². The van der Waals surface area contributed by atoms with E-state index in [1.807, 2.05) is 31.2 Å². The highest BCUT2D eigenvalue weighted by atomic mass is 16.6. The third-order valence-corrected chi connectivity index (χ3v) is 5.93. The summed E-state index contributed by atoms with van der Waals surface area (Å²) in [7, 11) is 0. The molecule has 0 saturated carbocycles. The van der Waals surface area contributed by atoms with Gasteiger partial charge in [-0.25, -0.2) is 0 Å². The third kappa shape index (κ3) is 5.99. The Morgan fingerprint density at radius 1 is 1.00 bits per heavy atom. The zero-order valence-corrected chi connectivity index (χ0v) is 18.2. The lowest BCUT2D eigenvalue weighted by Gasteiger charge is -2.29. The Morgan fingerprint density at radius 3 is 2.52 bits per heavy atom. The van der Waals surface area contributed by atoms with Gasteiger partial charge in [0.15, 0.2) is 11.5 Å². The highest BCUT2D eigenvalue weighted by Gasteiger charge is 2.23. The maximum Gasteiger partial charge on any atom is 0.224 e. The number of nitrogens with zero attached hydrogens (tertiary/aromatic N) is 1. The summed E-state index contributed by atoms with van der Waals surface area (Å²) in [6, 6.07) is 16.3. The molecule has 2 unspecified atom stereocenters. The molecule has 31 heavy (non-hydrogen) atoms. The maximum atomic E-state index is 13.1. The van der Waals surface area contributed by atoms with E-state index in [0.29, 0.717) is 13.2 Å². The Bertz CT molecular complexity index is 852. The van der Waals surface area contributed by atoms with E-state index in [0.717, 1.165) is 62.8 Å². The number of rotatable bonds is 8. The molecule has 1 fully saturated rings. The van der Waals surface area contributed by atoms with Gasteiger partial charge in [0.05, 0.1) is 19.3 Å². The number of ether oxygens (including phenoxy) is 3. The van der Waals surface area contributed by atoms with Crippen LogP contribution in [-0.2, 0) is 16.0 Å². The van der Waals surface area contributed by atoms with Crippen molar-refractivity contribution in [3.05, 3.63) is 59.7 Å². The van der Waals surface area contributed by atoms with Crippen LogP contribution in [0, 0.1) is 5.92 Å². The lowest BCUT2D eigenvalue weighted by atomic mass is 9.97. The standard InChI is InChI=1S/C25H32N2O4/c1-19(18-27-11-13-29-14-12-27)25(28)26-22(9-7-20-5-3-2-4-6-20)21-8-10-23-24(17-21)31-16-15-30-23/h2-6,8,10,17,19,22H,7,9,11-16,18H2,1H3,(H,26,28). The summed E-state index contributed by atoms with van der Waals surface area (Å²) in [4.78, 5) is 15.4. The fourth-order valence-corrected chi connectivity index (χ4v) is 4.12. The quantitative estimate of drug-likeness (QED) is 0.705. The molecule has 2 aliphatic rings. The summed E-state index contributed by atoms with van der Waals surface area (Å²) >= 11 is 0. The van der Waals surface area contributed by atoms with Crippen molar-refractivity contribution in [2.75, 3.05) is 46.1 Å². The van der Waals surface area contributed by atoms with Gasteiger partial charge in [0, 0.05) is 25.6 Å². The van der Waals surface area contributed by atoms with Gasteiger partial charge >= 0.3 is 0 Å². The van der Waals surface area contributed by atoms with Crippen LogP contribution in [0.3, 0.4) is 0 Å². The van der Waals surface area contributed by atoms with Crippen LogP contribution in [0.2, 0.25) is 0 Å². The summed E-state index contributed by atoms with van der Waals surface area (Å²) in [5.74, 6) is 1.52. The first kappa shape index (κ1) is 21.7. The normalized spacial score (nSPS) is 18.2. The first-order valence-corrected chi connectivity index (χ1v) is 11.2. The van der Waals surface area contributed by atoms with Gasteiger partial charge < -0.3 is 19.5 Å². The second-order valence-corrected chi connectivity index (χ2v) is 8.30. The van der Waals surface area contributed by atoms with Crippen LogP contribution in [0.15, 0.2) is 48.5 Å². The molecule has 0 spiro atoms. The molecule has 166 valence electrons. The van der Waals surface area contributed by atoms with E-state index < -0.39 is 0 Å². The molecule has 0 aliphatic carbocycles. The highest BCUT2D eigenvalue weighted by molar-refractivity contribution is 5.79. The van der Waals surface area contributed by atoms with Gasteiger partial charge in [-0.1, -0.05) is 43.3 Å². The summed E-state index contributed by atoms with van der Waals surface area (Å²) in [6.45, 7) is 7.13. The Balaban J connectivity index is 1.45. The van der Waals surface area contributed by atoms with E-state index in [-0.39, 0.29) is 17.9 Å². The predicted molar refractivity (Wildman–Crippen MR) is 120 cm³/mol. The van der Waals surface area contributed by atoms with Crippen molar-refractivity contribution >= 4 is 5.91 Å². The molecule has 6 nitrogen and oxygen atoms in total. The number of hydrogen-bond donors (Lipinski definition) is 1. The second kappa shape index (κ2) is 10.6. The fourth-order valence-electron chi connectivity index (χ4n) is 4.12. The molecule has 2 aromatic carbocycles. The van der Waals surface area contributed by atoms with Crippen LogP contribution < -0.4 is 14.8 Å². The van der Waals surface area contributed by atoms with Crippen LogP contribution in [0.1, 0.15) is 30.5 Å². The molecule has 1 saturated heterocycles. The van der Waals surface area contributed by atoms with Crippen molar-refractivity contribution in [3.63, 3.8) is 0 Å². The minimum absolute atomic E-state index is 0.0828. The van der Waals surface area contributed by atoms with Gasteiger partial charge in [-0.2, -0.15) is 0 Å². The SMILES string of the molecule is CC(CN1CCOCC1)C(=O)NC(CCc1ccccc1)c1ccc2c(c1)OCCO2. The number of nitrogens with one attached hydrogen (secondary N) is 1. The molecule has 2 aliphatic heterocycles. The Labute approximate surface area is 184 Å². The number of morpholine rings is 1. The van der Waals surface area contributed by atoms with Crippen LogP contribution in [0.4, 0.5) is 0 Å². The molecule has 1 amide bonds. The zero-order chi connectivity index (χ0) is 21.5. The summed E-state index contributed by atoms with van der Waals surface area (Å²) < 4.78 is 16.9. The Morgan fingerprint density at radius 2 is 1.74 bits per heavy atom. The van der Waals surface area contributed by atoms with Crippen LogP contribution in [0.25, 0.3) is 0 Å². The second-order valence-electron chi connectivity index (χ2n) is 8.30. The highest BCUT2D eigenvalue weighted by Crippen LogP contribution is 2.33. The van der Waals surface area contributed by atoms with Crippen molar-refractivity contribution in [2.45, 2.75) is 25.8 Å². The van der Waals surface area contributed by atoms with E-state index in [1.54, 1.807) is 0 Å². The third-order valence-electron chi connectivity index (χ3n) is 5.93. The lowest BCUT2D eigenvalue weighted by Crippen LogP contribution is -2.43. The summed E-state index contributed by atoms with van der Waals surface area (Å²) in [5, 5.41) is 3.31. The monoisotopic (exact) mass is 424 g/mol. The van der Waals surface area contributed by atoms with E-state index in [4.69, 9.17) is 14.2 Å². The number of benzene rings is 2. The molecule has 2 aromatic rings. The van der Waals surface area contributed by atoms with E-state index in [9.17, 15) is 4.79 Å². The number of aryl methyl sites for hydroxylation is 1. The Kier molecular flexibility index (Phi) is 7.43. The minimum atomic E-state index is -0.0884. The maximum absolute atomic E-state index is 13.1. The van der Waals surface area contributed by atoms with Crippen LogP contribution in [-0.4, -0.2) is 56.9 Å². The molecule has 0 radical (unpaired) electrons. The van der Waals surface area contributed by atoms with Gasteiger partial charge in [-0.05, 0) is 36.1 Å². The van der Waals surface area contributed by atoms with Crippen LogP contribution in [0.5, 0.6) is 11.5 Å². The van der Waals surface area contributed by atoms with Crippen molar-refractivity contribution in [1.29, 1.82) is 0 Å². The molecular weight excluding hydrogens is 392 g/mol.